The van der Waals surface area contributed by atoms with Crippen molar-refractivity contribution >= 4 is 29.2 Å². The summed E-state index contributed by atoms with van der Waals surface area (Å²) in [4.78, 5) is 8.93. The normalized spacial score (nSPS) is 8.25. The largest absolute Gasteiger partial charge is 0.370 e. The molecule has 0 saturated heterocycles. The second-order valence-electron chi connectivity index (χ2n) is 0.840. The van der Waals surface area contributed by atoms with E-state index in [9.17, 15) is 4.79 Å². The highest BCUT2D eigenvalue weighted by molar-refractivity contribution is 6.52. The Labute approximate surface area is 56.7 Å². The SMILES string of the molecule is C#COC(=O)C(Cl)Cl. The number of terminal acetylenes is 1. The Kier molecular flexibility index (Phi) is 3.42. The smallest absolute Gasteiger partial charge is 0.353 e. The molecule has 0 fully saturated rings. The van der Waals surface area contributed by atoms with Crippen molar-refractivity contribution in [3.63, 3.8) is 0 Å². The van der Waals surface area contributed by atoms with Gasteiger partial charge in [-0.25, -0.2) is 4.79 Å². The molecule has 4 heteroatoms. The molecule has 0 heterocycles. The van der Waals surface area contributed by atoms with Gasteiger partial charge in [-0.15, -0.1) is 0 Å². The van der Waals surface area contributed by atoms with Crippen LogP contribution in [-0.4, -0.2) is 10.8 Å². The molecule has 44 valence electrons. The summed E-state index contributed by atoms with van der Waals surface area (Å²) in [7, 11) is 0. The van der Waals surface area contributed by atoms with Crippen molar-refractivity contribution < 1.29 is 9.53 Å². The molecule has 0 unspecified atom stereocenters. The van der Waals surface area contributed by atoms with Crippen LogP contribution in [0.1, 0.15) is 0 Å². The van der Waals surface area contributed by atoms with E-state index in [1.807, 2.05) is 0 Å². The van der Waals surface area contributed by atoms with Crippen LogP contribution in [0.3, 0.4) is 0 Å². The summed E-state index contributed by atoms with van der Waals surface area (Å²) in [6.07, 6.45) is 6.19. The maximum Gasteiger partial charge on any atom is 0.353 e. The van der Waals surface area contributed by atoms with Gasteiger partial charge in [-0.05, 0) is 0 Å². The van der Waals surface area contributed by atoms with E-state index in [0.29, 0.717) is 0 Å². The third-order valence-corrected chi connectivity index (χ3v) is 0.694. The van der Waals surface area contributed by atoms with Crippen LogP contribution in [0.5, 0.6) is 0 Å². The lowest BCUT2D eigenvalue weighted by atomic mass is 10.8. The highest BCUT2D eigenvalue weighted by Gasteiger charge is 2.10. The Morgan fingerprint density at radius 2 is 2.25 bits per heavy atom. The second-order valence-corrected chi connectivity index (χ2v) is 1.94. The second kappa shape index (κ2) is 3.59. The third kappa shape index (κ3) is 2.73. The van der Waals surface area contributed by atoms with Crippen molar-refractivity contribution in [3.05, 3.63) is 0 Å². The van der Waals surface area contributed by atoms with Crippen molar-refractivity contribution in [2.45, 2.75) is 4.84 Å². The predicted octanol–water partition coefficient (Wildman–Crippen LogP) is 0.924. The minimum atomic E-state index is -1.19. The van der Waals surface area contributed by atoms with Gasteiger partial charge >= 0.3 is 5.97 Å². The Hall–Kier alpha value is -0.390. The fraction of sp³-hybridized carbons (Fsp3) is 0.250. The minimum absolute atomic E-state index is 0.823. The number of rotatable bonds is 1. The molecule has 2 nitrogen and oxygen atoms in total. The Balaban J connectivity index is 3.53. The molecular formula is C4H2Cl2O2. The molecule has 0 rings (SSSR count). The van der Waals surface area contributed by atoms with Crippen LogP contribution >= 0.6 is 23.2 Å². The fourth-order valence-corrected chi connectivity index (χ4v) is 0.192. The summed E-state index contributed by atoms with van der Waals surface area (Å²) in [5, 5.41) is 0. The lowest BCUT2D eigenvalue weighted by molar-refractivity contribution is -0.134. The number of alkyl halides is 2. The zero-order valence-electron chi connectivity index (χ0n) is 3.73. The number of esters is 1. The topological polar surface area (TPSA) is 26.3 Å². The number of ether oxygens (including phenoxy) is 1. The average molecular weight is 153 g/mol. The van der Waals surface area contributed by atoms with Crippen LogP contribution in [-0.2, 0) is 9.53 Å². The zero-order valence-corrected chi connectivity index (χ0v) is 5.24. The van der Waals surface area contributed by atoms with Crippen LogP contribution < -0.4 is 0 Å². The van der Waals surface area contributed by atoms with Gasteiger partial charge in [0.2, 0.25) is 4.84 Å². The molecule has 0 aliphatic heterocycles. The number of halogens is 2. The summed E-state index contributed by atoms with van der Waals surface area (Å²) in [6.45, 7) is 0. The van der Waals surface area contributed by atoms with Gasteiger partial charge in [0.25, 0.3) is 0 Å². The van der Waals surface area contributed by atoms with E-state index in [1.54, 1.807) is 6.11 Å². The van der Waals surface area contributed by atoms with Crippen LogP contribution in [0.15, 0.2) is 0 Å². The lowest BCUT2D eigenvalue weighted by Gasteiger charge is -1.92. The first-order valence-corrected chi connectivity index (χ1v) is 2.50. The number of carbonyl (C=O) groups is 1. The highest BCUT2D eigenvalue weighted by atomic mass is 35.5. The van der Waals surface area contributed by atoms with E-state index in [4.69, 9.17) is 23.2 Å². The van der Waals surface area contributed by atoms with Crippen molar-refractivity contribution in [2.75, 3.05) is 0 Å². The molecule has 0 atom stereocenters. The molecule has 0 aromatic heterocycles. The van der Waals surface area contributed by atoms with Crippen molar-refractivity contribution in [3.8, 4) is 12.5 Å². The Morgan fingerprint density at radius 1 is 1.75 bits per heavy atom. The Bertz CT molecular complexity index is 124. The van der Waals surface area contributed by atoms with Gasteiger partial charge in [0.15, 0.2) is 0 Å². The van der Waals surface area contributed by atoms with Crippen molar-refractivity contribution in [2.24, 2.45) is 0 Å². The first-order valence-electron chi connectivity index (χ1n) is 1.63. The van der Waals surface area contributed by atoms with Crippen LogP contribution in [0.25, 0.3) is 0 Å². The van der Waals surface area contributed by atoms with Gasteiger partial charge in [0.05, 0.1) is 0 Å². The van der Waals surface area contributed by atoms with Gasteiger partial charge < -0.3 is 4.74 Å². The van der Waals surface area contributed by atoms with Gasteiger partial charge in [-0.1, -0.05) is 29.6 Å². The summed E-state index contributed by atoms with van der Waals surface area (Å²) in [5.41, 5.74) is 0. The van der Waals surface area contributed by atoms with E-state index in [1.165, 1.54) is 0 Å². The third-order valence-electron chi connectivity index (χ3n) is 0.338. The minimum Gasteiger partial charge on any atom is -0.370 e. The van der Waals surface area contributed by atoms with E-state index in [2.05, 4.69) is 11.2 Å². The zero-order chi connectivity index (χ0) is 6.57. The van der Waals surface area contributed by atoms with E-state index in [0.717, 1.165) is 0 Å². The van der Waals surface area contributed by atoms with Crippen molar-refractivity contribution in [1.29, 1.82) is 0 Å². The molecule has 0 bridgehead atoms. The van der Waals surface area contributed by atoms with Gasteiger partial charge in [-0.3, -0.25) is 0 Å². The molecule has 0 spiro atoms. The van der Waals surface area contributed by atoms with E-state index in [-0.39, 0.29) is 0 Å². The molecule has 0 aliphatic rings. The quantitative estimate of drug-likeness (QED) is 0.318. The molecular weight excluding hydrogens is 151 g/mol. The van der Waals surface area contributed by atoms with Gasteiger partial charge in [0, 0.05) is 0 Å². The maximum absolute atomic E-state index is 10.1. The van der Waals surface area contributed by atoms with Crippen LogP contribution in [0, 0.1) is 12.5 Å². The molecule has 8 heavy (non-hydrogen) atoms. The first-order chi connectivity index (χ1) is 3.68. The monoisotopic (exact) mass is 152 g/mol. The summed E-state index contributed by atoms with van der Waals surface area (Å²) in [5.74, 6) is -0.823. The highest BCUT2D eigenvalue weighted by Crippen LogP contribution is 2.02. The standard InChI is InChI=1S/C4H2Cl2O2/c1-2-8-4(7)3(5)6/h1,3H. The molecule has 0 radical (unpaired) electrons. The number of hydrogen-bond acceptors (Lipinski definition) is 2. The Morgan fingerprint density at radius 3 is 2.38 bits per heavy atom. The number of hydrogen-bond donors (Lipinski definition) is 0. The van der Waals surface area contributed by atoms with E-state index < -0.39 is 10.8 Å². The molecule has 0 amide bonds. The molecule has 0 aromatic rings. The van der Waals surface area contributed by atoms with Crippen LogP contribution in [0.2, 0.25) is 0 Å². The number of carbonyl (C=O) groups excluding carboxylic acids is 1. The van der Waals surface area contributed by atoms with Crippen LogP contribution in [0.4, 0.5) is 0 Å². The van der Waals surface area contributed by atoms with E-state index >= 15 is 0 Å². The lowest BCUT2D eigenvalue weighted by Crippen LogP contribution is -2.08. The molecule has 0 saturated carbocycles. The predicted molar refractivity (Wildman–Crippen MR) is 30.4 cm³/mol. The summed E-state index contributed by atoms with van der Waals surface area (Å²) >= 11 is 10.0. The fourth-order valence-electron chi connectivity index (χ4n) is 0.103. The first kappa shape index (κ1) is 7.61. The summed E-state index contributed by atoms with van der Waals surface area (Å²) in [6, 6.07) is 0. The molecule has 0 N–H and O–H groups in total. The maximum atomic E-state index is 10.1. The summed E-state index contributed by atoms with van der Waals surface area (Å²) < 4.78 is 3.93. The van der Waals surface area contributed by atoms with Gasteiger partial charge in [0.1, 0.15) is 6.11 Å². The molecule has 0 aliphatic carbocycles. The van der Waals surface area contributed by atoms with Gasteiger partial charge in [-0.2, -0.15) is 0 Å². The average Bonchev–Trinajstić information content (AvgIpc) is 1.67. The van der Waals surface area contributed by atoms with Crippen molar-refractivity contribution in [1.82, 2.24) is 0 Å². The molecule has 0 aromatic carbocycles.